The van der Waals surface area contributed by atoms with Gasteiger partial charge in [0, 0.05) is 6.20 Å². The average molecular weight is 187 g/mol. The van der Waals surface area contributed by atoms with E-state index in [1.165, 1.54) is 4.90 Å². The van der Waals surface area contributed by atoms with Crippen molar-refractivity contribution in [3.05, 3.63) is 11.8 Å². The molecule has 1 amide bonds. The molecule has 12 heavy (non-hydrogen) atoms. The van der Waals surface area contributed by atoms with E-state index >= 15 is 0 Å². The molecule has 2 aliphatic rings. The second-order valence-electron chi connectivity index (χ2n) is 3.24. The smallest absolute Gasteiger partial charge is 0.230 e. The molecule has 0 aromatic rings. The van der Waals surface area contributed by atoms with Gasteiger partial charge in [0.25, 0.3) is 0 Å². The lowest BCUT2D eigenvalue weighted by atomic mass is 10.2. The van der Waals surface area contributed by atoms with Crippen molar-refractivity contribution < 1.29 is 13.2 Å². The first-order chi connectivity index (χ1) is 5.50. The molecule has 0 aromatic carbocycles. The summed E-state index contributed by atoms with van der Waals surface area (Å²) >= 11 is 0. The van der Waals surface area contributed by atoms with Gasteiger partial charge in [0.2, 0.25) is 5.91 Å². The second kappa shape index (κ2) is 2.10. The summed E-state index contributed by atoms with van der Waals surface area (Å²) in [5.74, 6) is 0.00387. The van der Waals surface area contributed by atoms with Gasteiger partial charge in [-0.2, -0.15) is 0 Å². The highest BCUT2D eigenvalue weighted by Crippen LogP contribution is 2.30. The van der Waals surface area contributed by atoms with Gasteiger partial charge >= 0.3 is 0 Å². The van der Waals surface area contributed by atoms with Gasteiger partial charge in [-0.3, -0.25) is 4.79 Å². The lowest BCUT2D eigenvalue weighted by molar-refractivity contribution is -0.138. The fourth-order valence-electron chi connectivity index (χ4n) is 1.54. The van der Waals surface area contributed by atoms with Crippen LogP contribution >= 0.6 is 0 Å². The van der Waals surface area contributed by atoms with Crippen molar-refractivity contribution in [2.24, 2.45) is 0 Å². The number of carbonyl (C=O) groups is 1. The van der Waals surface area contributed by atoms with Crippen LogP contribution in [-0.4, -0.2) is 30.4 Å². The summed E-state index contributed by atoms with van der Waals surface area (Å²) in [7, 11) is -3.07. The van der Waals surface area contributed by atoms with Crippen LogP contribution in [0.2, 0.25) is 0 Å². The Bertz CT molecular complexity index is 368. The minimum atomic E-state index is -3.07. The number of carbonyl (C=O) groups excluding carboxylic acids is 1. The SMILES string of the molecule is CC1=CN2C(=O)C[C@H]2S(=O)(=O)C1. The zero-order valence-electron chi connectivity index (χ0n) is 6.65. The number of fused-ring (bicyclic) bond motifs is 1. The summed E-state index contributed by atoms with van der Waals surface area (Å²) in [6.07, 6.45) is 1.80. The molecule has 66 valence electrons. The van der Waals surface area contributed by atoms with E-state index in [-0.39, 0.29) is 18.1 Å². The third-order valence-electron chi connectivity index (χ3n) is 2.15. The molecule has 0 bridgehead atoms. The van der Waals surface area contributed by atoms with Crippen molar-refractivity contribution in [3.63, 3.8) is 0 Å². The Balaban J connectivity index is 2.43. The third kappa shape index (κ3) is 0.891. The Kier molecular flexibility index (Phi) is 1.36. The van der Waals surface area contributed by atoms with Crippen LogP contribution in [0.5, 0.6) is 0 Å². The number of rotatable bonds is 0. The zero-order valence-corrected chi connectivity index (χ0v) is 7.47. The first-order valence-corrected chi connectivity index (χ1v) is 5.42. The molecule has 5 heteroatoms. The van der Waals surface area contributed by atoms with Gasteiger partial charge in [-0.1, -0.05) is 0 Å². The molecule has 2 rings (SSSR count). The molecule has 0 radical (unpaired) electrons. The van der Waals surface area contributed by atoms with Crippen molar-refractivity contribution in [2.75, 3.05) is 5.75 Å². The second-order valence-corrected chi connectivity index (χ2v) is 5.40. The fraction of sp³-hybridized carbons (Fsp3) is 0.571. The Morgan fingerprint density at radius 2 is 2.25 bits per heavy atom. The number of nitrogens with zero attached hydrogens (tertiary/aromatic N) is 1. The Hall–Kier alpha value is -0.840. The third-order valence-corrected chi connectivity index (χ3v) is 4.23. The van der Waals surface area contributed by atoms with Crippen LogP contribution in [-0.2, 0) is 14.6 Å². The topological polar surface area (TPSA) is 54.5 Å². The van der Waals surface area contributed by atoms with E-state index in [1.54, 1.807) is 13.1 Å². The summed E-state index contributed by atoms with van der Waals surface area (Å²) in [5.41, 5.74) is 0.735. The molecule has 2 aliphatic heterocycles. The molecular weight excluding hydrogens is 178 g/mol. The summed E-state index contributed by atoms with van der Waals surface area (Å²) in [5, 5.41) is -0.561. The Morgan fingerprint density at radius 1 is 1.58 bits per heavy atom. The maximum atomic E-state index is 11.4. The minimum Gasteiger partial charge on any atom is -0.301 e. The van der Waals surface area contributed by atoms with Crippen LogP contribution in [0, 0.1) is 0 Å². The van der Waals surface area contributed by atoms with Crippen LogP contribution < -0.4 is 0 Å². The predicted octanol–water partition coefficient (Wildman–Crippen LogP) is -0.123. The van der Waals surface area contributed by atoms with Gasteiger partial charge < -0.3 is 4.90 Å². The van der Waals surface area contributed by atoms with Gasteiger partial charge in [0.05, 0.1) is 12.2 Å². The molecule has 2 heterocycles. The van der Waals surface area contributed by atoms with Crippen LogP contribution in [0.4, 0.5) is 0 Å². The van der Waals surface area contributed by atoms with Crippen molar-refractivity contribution in [1.29, 1.82) is 0 Å². The molecule has 0 N–H and O–H groups in total. The molecule has 0 aliphatic carbocycles. The zero-order chi connectivity index (χ0) is 8.93. The van der Waals surface area contributed by atoms with Crippen molar-refractivity contribution >= 4 is 15.7 Å². The van der Waals surface area contributed by atoms with E-state index in [4.69, 9.17) is 0 Å². The van der Waals surface area contributed by atoms with Gasteiger partial charge in [-0.05, 0) is 12.5 Å². The molecule has 0 spiro atoms. The first kappa shape index (κ1) is 7.79. The predicted molar refractivity (Wildman–Crippen MR) is 42.8 cm³/mol. The maximum Gasteiger partial charge on any atom is 0.230 e. The monoisotopic (exact) mass is 187 g/mol. The molecule has 1 fully saturated rings. The van der Waals surface area contributed by atoms with Crippen LogP contribution in [0.15, 0.2) is 11.8 Å². The number of hydrogen-bond acceptors (Lipinski definition) is 3. The lowest BCUT2D eigenvalue weighted by Gasteiger charge is -2.40. The van der Waals surface area contributed by atoms with Crippen LogP contribution in [0.3, 0.4) is 0 Å². The molecule has 0 aromatic heterocycles. The van der Waals surface area contributed by atoms with E-state index in [9.17, 15) is 13.2 Å². The highest BCUT2D eigenvalue weighted by atomic mass is 32.2. The van der Waals surface area contributed by atoms with Crippen molar-refractivity contribution in [2.45, 2.75) is 18.7 Å². The van der Waals surface area contributed by atoms with Gasteiger partial charge in [-0.25, -0.2) is 8.42 Å². The largest absolute Gasteiger partial charge is 0.301 e. The molecule has 4 nitrogen and oxygen atoms in total. The van der Waals surface area contributed by atoms with Crippen molar-refractivity contribution in [3.8, 4) is 0 Å². The Labute approximate surface area is 70.8 Å². The summed E-state index contributed by atoms with van der Waals surface area (Å²) in [4.78, 5) is 12.2. The molecule has 1 saturated heterocycles. The summed E-state index contributed by atoms with van der Waals surface area (Å²) in [6.45, 7) is 1.72. The maximum absolute atomic E-state index is 11.4. The van der Waals surface area contributed by atoms with Crippen molar-refractivity contribution in [1.82, 2.24) is 4.90 Å². The van der Waals surface area contributed by atoms with E-state index < -0.39 is 15.2 Å². The van der Waals surface area contributed by atoms with Crippen LogP contribution in [0.1, 0.15) is 13.3 Å². The normalized spacial score (nSPS) is 32.1. The quantitative estimate of drug-likeness (QED) is 0.497. The van der Waals surface area contributed by atoms with Gasteiger partial charge in [0.15, 0.2) is 9.84 Å². The van der Waals surface area contributed by atoms with E-state index in [0.717, 1.165) is 5.57 Å². The molecular formula is C7H9NO3S. The standard InChI is InChI=1S/C7H9NO3S/c1-5-3-8-6(9)2-7(8)12(10,11)4-5/h3,7H,2,4H2,1H3/t7-/m1/s1. The lowest BCUT2D eigenvalue weighted by Crippen LogP contribution is -2.56. The first-order valence-electron chi connectivity index (χ1n) is 3.71. The highest BCUT2D eigenvalue weighted by molar-refractivity contribution is 7.92. The van der Waals surface area contributed by atoms with Gasteiger partial charge in [0.1, 0.15) is 5.37 Å². The Morgan fingerprint density at radius 3 is 2.83 bits per heavy atom. The minimum absolute atomic E-state index is 0.0948. The summed E-state index contributed by atoms with van der Waals surface area (Å²) < 4.78 is 22.7. The number of hydrogen-bond donors (Lipinski definition) is 0. The number of amides is 1. The molecule has 0 saturated carbocycles. The fourth-order valence-corrected chi connectivity index (χ4v) is 3.37. The van der Waals surface area contributed by atoms with E-state index in [2.05, 4.69) is 0 Å². The van der Waals surface area contributed by atoms with Gasteiger partial charge in [-0.15, -0.1) is 0 Å². The molecule has 1 atom stereocenters. The van der Waals surface area contributed by atoms with Crippen LogP contribution in [0.25, 0.3) is 0 Å². The summed E-state index contributed by atoms with van der Waals surface area (Å²) in [6, 6.07) is 0. The highest BCUT2D eigenvalue weighted by Gasteiger charge is 2.46. The number of β-lactam (4-membered cyclic amide) rings is 1. The number of sulfone groups is 1. The van der Waals surface area contributed by atoms with E-state index in [1.807, 2.05) is 0 Å². The average Bonchev–Trinajstić information content (AvgIpc) is 1.92. The molecule has 0 unspecified atom stereocenters. The van der Waals surface area contributed by atoms with E-state index in [0.29, 0.717) is 0 Å².